The Hall–Kier alpha value is -1.88. The summed E-state index contributed by atoms with van der Waals surface area (Å²) in [5.74, 6) is -0.966. The van der Waals surface area contributed by atoms with Gasteiger partial charge < -0.3 is 5.11 Å². The third-order valence-corrected chi connectivity index (χ3v) is 3.60. The number of nitrogens with zero attached hydrogens (tertiary/aromatic N) is 1. The number of benzene rings is 1. The van der Waals surface area contributed by atoms with Crippen LogP contribution in [0.15, 0.2) is 35.4 Å². The van der Waals surface area contributed by atoms with Gasteiger partial charge in [0.2, 0.25) is 0 Å². The van der Waals surface area contributed by atoms with Crippen molar-refractivity contribution < 1.29 is 14.3 Å². The highest BCUT2D eigenvalue weighted by Crippen LogP contribution is 2.23. The number of carbonyl (C=O) groups is 1. The summed E-state index contributed by atoms with van der Waals surface area (Å²) in [5.41, 5.74) is 1.96. The summed E-state index contributed by atoms with van der Waals surface area (Å²) < 4.78 is 13.1. The van der Waals surface area contributed by atoms with Gasteiger partial charge >= 0.3 is 0 Å². The van der Waals surface area contributed by atoms with Crippen LogP contribution in [-0.4, -0.2) is 21.6 Å². The highest BCUT2D eigenvalue weighted by molar-refractivity contribution is 7.99. The molecule has 104 valence electrons. The van der Waals surface area contributed by atoms with Crippen LogP contribution in [0.25, 0.3) is 0 Å². The number of Topliss-reactive ketones (excluding diaryl/α,β-unsaturated/α-hetero) is 1. The molecule has 0 bridgehead atoms. The van der Waals surface area contributed by atoms with Crippen molar-refractivity contribution in [1.29, 1.82) is 0 Å². The van der Waals surface area contributed by atoms with E-state index in [1.165, 1.54) is 17.8 Å². The largest absolute Gasteiger partial charge is 0.507 e. The van der Waals surface area contributed by atoms with Gasteiger partial charge in [0.15, 0.2) is 5.78 Å². The lowest BCUT2D eigenvalue weighted by Gasteiger charge is -2.05. The van der Waals surface area contributed by atoms with Gasteiger partial charge in [0.05, 0.1) is 16.3 Å². The maximum absolute atomic E-state index is 13.1. The molecule has 2 aromatic rings. The second-order valence-electron chi connectivity index (χ2n) is 4.50. The average molecular weight is 291 g/mol. The number of phenols is 1. The van der Waals surface area contributed by atoms with E-state index in [0.29, 0.717) is 0 Å². The number of aromatic nitrogens is 1. The quantitative estimate of drug-likeness (QED) is 0.691. The molecule has 0 unspecified atom stereocenters. The molecule has 0 aliphatic heterocycles. The van der Waals surface area contributed by atoms with Crippen LogP contribution < -0.4 is 0 Å². The minimum Gasteiger partial charge on any atom is -0.507 e. The molecular weight excluding hydrogens is 277 g/mol. The highest BCUT2D eigenvalue weighted by atomic mass is 32.2. The molecule has 5 heteroatoms. The smallest absolute Gasteiger partial charge is 0.176 e. The van der Waals surface area contributed by atoms with Crippen LogP contribution in [0.1, 0.15) is 21.6 Å². The lowest BCUT2D eigenvalue weighted by atomic mass is 10.1. The summed E-state index contributed by atoms with van der Waals surface area (Å²) in [6.07, 6.45) is 0. The molecule has 0 aliphatic rings. The first kappa shape index (κ1) is 14.5. The molecule has 20 heavy (non-hydrogen) atoms. The van der Waals surface area contributed by atoms with Gasteiger partial charge in [-0.25, -0.2) is 9.37 Å². The van der Waals surface area contributed by atoms with Crippen LogP contribution >= 0.6 is 11.8 Å². The number of phenolic OH excluding ortho intramolecular Hbond substituents is 1. The topological polar surface area (TPSA) is 50.2 Å². The number of rotatable bonds is 4. The van der Waals surface area contributed by atoms with Crippen LogP contribution in [-0.2, 0) is 0 Å². The number of ketones is 1. The molecule has 0 atom stereocenters. The number of hydrogen-bond acceptors (Lipinski definition) is 4. The van der Waals surface area contributed by atoms with Gasteiger partial charge in [0, 0.05) is 5.69 Å². The predicted octanol–water partition coefficient (Wildman–Crippen LogP) is 3.52. The first-order valence-corrected chi connectivity index (χ1v) is 7.04. The van der Waals surface area contributed by atoms with Crippen molar-refractivity contribution in [3.8, 4) is 5.75 Å². The third kappa shape index (κ3) is 3.57. The number of pyridine rings is 1. The lowest BCUT2D eigenvalue weighted by Crippen LogP contribution is -2.04. The SMILES string of the molecule is Cc1cc(C)nc(SCC(=O)c2cc(F)ccc2O)c1. The summed E-state index contributed by atoms with van der Waals surface area (Å²) in [7, 11) is 0. The second-order valence-corrected chi connectivity index (χ2v) is 5.49. The molecule has 0 saturated carbocycles. The van der Waals surface area contributed by atoms with E-state index < -0.39 is 5.82 Å². The molecule has 0 saturated heterocycles. The fraction of sp³-hybridized carbons (Fsp3) is 0.200. The molecule has 1 heterocycles. The predicted molar refractivity (Wildman–Crippen MR) is 76.8 cm³/mol. The maximum Gasteiger partial charge on any atom is 0.176 e. The van der Waals surface area contributed by atoms with E-state index in [1.54, 1.807) is 0 Å². The van der Waals surface area contributed by atoms with Gasteiger partial charge in [-0.2, -0.15) is 0 Å². The van der Waals surface area contributed by atoms with Crippen molar-refractivity contribution in [2.75, 3.05) is 5.75 Å². The van der Waals surface area contributed by atoms with Crippen molar-refractivity contribution in [1.82, 2.24) is 4.98 Å². The fourth-order valence-corrected chi connectivity index (χ4v) is 2.74. The van der Waals surface area contributed by atoms with Crippen molar-refractivity contribution >= 4 is 17.5 Å². The summed E-state index contributed by atoms with van der Waals surface area (Å²) >= 11 is 1.27. The van der Waals surface area contributed by atoms with E-state index >= 15 is 0 Å². The van der Waals surface area contributed by atoms with Gasteiger partial charge in [-0.15, -0.1) is 0 Å². The standard InChI is InChI=1S/C15H14FNO2S/c1-9-5-10(2)17-15(6-9)20-8-14(19)12-7-11(16)3-4-13(12)18/h3-7,18H,8H2,1-2H3. The Morgan fingerprint density at radius 1 is 1.30 bits per heavy atom. The van der Waals surface area contributed by atoms with E-state index in [9.17, 15) is 14.3 Å². The molecule has 2 rings (SSSR count). The number of aromatic hydroxyl groups is 1. The zero-order chi connectivity index (χ0) is 14.7. The zero-order valence-electron chi connectivity index (χ0n) is 11.2. The van der Waals surface area contributed by atoms with E-state index in [0.717, 1.165) is 28.4 Å². The molecule has 0 spiro atoms. The first-order valence-electron chi connectivity index (χ1n) is 6.05. The van der Waals surface area contributed by atoms with Crippen LogP contribution in [0.4, 0.5) is 4.39 Å². The van der Waals surface area contributed by atoms with E-state index in [1.807, 2.05) is 26.0 Å². The van der Waals surface area contributed by atoms with E-state index in [4.69, 9.17) is 0 Å². The molecule has 0 amide bonds. The summed E-state index contributed by atoms with van der Waals surface area (Å²) in [6.45, 7) is 3.84. The fourth-order valence-electron chi connectivity index (χ4n) is 1.83. The number of thioether (sulfide) groups is 1. The van der Waals surface area contributed by atoms with Crippen LogP contribution in [0.2, 0.25) is 0 Å². The Kier molecular flexibility index (Phi) is 4.39. The molecule has 3 nitrogen and oxygen atoms in total. The Morgan fingerprint density at radius 2 is 2.05 bits per heavy atom. The van der Waals surface area contributed by atoms with Gasteiger partial charge in [-0.1, -0.05) is 11.8 Å². The van der Waals surface area contributed by atoms with Crippen molar-refractivity contribution in [2.45, 2.75) is 18.9 Å². The van der Waals surface area contributed by atoms with Crippen molar-refractivity contribution in [3.05, 3.63) is 53.0 Å². The molecule has 1 aromatic carbocycles. The highest BCUT2D eigenvalue weighted by Gasteiger charge is 2.13. The molecule has 1 aromatic heterocycles. The molecule has 0 fully saturated rings. The summed E-state index contributed by atoms with van der Waals surface area (Å²) in [5, 5.41) is 10.3. The van der Waals surface area contributed by atoms with Crippen LogP contribution in [0, 0.1) is 19.7 Å². The molecule has 1 N–H and O–H groups in total. The minimum absolute atomic E-state index is 0.00174. The van der Waals surface area contributed by atoms with Gasteiger partial charge in [-0.3, -0.25) is 4.79 Å². The minimum atomic E-state index is -0.541. The normalized spacial score (nSPS) is 10.6. The summed E-state index contributed by atoms with van der Waals surface area (Å²) in [4.78, 5) is 16.3. The average Bonchev–Trinajstić information content (AvgIpc) is 2.38. The first-order chi connectivity index (χ1) is 9.45. The van der Waals surface area contributed by atoms with Crippen molar-refractivity contribution in [3.63, 3.8) is 0 Å². The van der Waals surface area contributed by atoms with Crippen LogP contribution in [0.3, 0.4) is 0 Å². The van der Waals surface area contributed by atoms with E-state index in [2.05, 4.69) is 4.98 Å². The lowest BCUT2D eigenvalue weighted by molar-refractivity contribution is 0.101. The number of halogens is 1. The van der Waals surface area contributed by atoms with E-state index in [-0.39, 0.29) is 22.8 Å². The van der Waals surface area contributed by atoms with Crippen molar-refractivity contribution in [2.24, 2.45) is 0 Å². The Balaban J connectivity index is 2.10. The summed E-state index contributed by atoms with van der Waals surface area (Å²) in [6, 6.07) is 7.18. The van der Waals surface area contributed by atoms with Crippen LogP contribution in [0.5, 0.6) is 5.75 Å². The monoisotopic (exact) mass is 291 g/mol. The maximum atomic E-state index is 13.1. The second kappa shape index (κ2) is 6.05. The van der Waals surface area contributed by atoms with Gasteiger partial charge in [-0.05, 0) is 49.7 Å². The molecule has 0 aliphatic carbocycles. The Morgan fingerprint density at radius 3 is 2.75 bits per heavy atom. The molecule has 0 radical (unpaired) electrons. The number of aryl methyl sites for hydroxylation is 2. The third-order valence-electron chi connectivity index (χ3n) is 2.68. The van der Waals surface area contributed by atoms with Gasteiger partial charge in [0.25, 0.3) is 0 Å². The Bertz CT molecular complexity index is 638. The zero-order valence-corrected chi connectivity index (χ0v) is 12.0. The van der Waals surface area contributed by atoms with Gasteiger partial charge in [0.1, 0.15) is 11.6 Å². The Labute approximate surface area is 120 Å². The number of carbonyl (C=O) groups excluding carboxylic acids is 1. The molecular formula is C15H14FNO2S. The number of hydrogen-bond donors (Lipinski definition) is 1.